The van der Waals surface area contributed by atoms with E-state index in [0.29, 0.717) is 27.8 Å². The number of sulfonamides is 1. The van der Waals surface area contributed by atoms with Gasteiger partial charge in [0.15, 0.2) is 5.03 Å². The summed E-state index contributed by atoms with van der Waals surface area (Å²) in [5, 5.41) is 1.19. The molecule has 1 N–H and O–H groups in total. The first kappa shape index (κ1) is 17.4. The normalized spacial score (nSPS) is 14.6. The molecule has 3 rings (SSSR count). The predicted octanol–water partition coefficient (Wildman–Crippen LogP) is 3.53. The largest absolute Gasteiger partial charge is 0.351 e. The maximum atomic E-state index is 11.7. The summed E-state index contributed by atoms with van der Waals surface area (Å²) in [4.78, 5) is 6.57. The smallest absolute Gasteiger partial charge is 0.260 e. The molecule has 0 radical (unpaired) electrons. The van der Waals surface area contributed by atoms with Crippen molar-refractivity contribution in [2.75, 3.05) is 13.1 Å². The minimum absolute atomic E-state index is 0.0709. The molecular formula is C13H13Cl2N3O2S2. The first-order valence-electron chi connectivity index (χ1n) is 6.35. The number of aromatic amines is 1. The van der Waals surface area contributed by atoms with E-state index in [0.717, 1.165) is 6.42 Å². The molecule has 1 aliphatic rings. The van der Waals surface area contributed by atoms with Crippen LogP contribution in [-0.2, 0) is 10.0 Å². The quantitative estimate of drug-likeness (QED) is 0.812. The summed E-state index contributed by atoms with van der Waals surface area (Å²) >= 11 is 15.9. The van der Waals surface area contributed by atoms with Gasteiger partial charge in [0.05, 0.1) is 10.0 Å². The fourth-order valence-electron chi connectivity index (χ4n) is 1.57. The number of aromatic nitrogens is 2. The summed E-state index contributed by atoms with van der Waals surface area (Å²) in [5.74, 6) is 0. The molecule has 0 bridgehead atoms. The van der Waals surface area contributed by atoms with Crippen LogP contribution in [0.3, 0.4) is 0 Å². The van der Waals surface area contributed by atoms with Crippen LogP contribution in [0, 0.1) is 4.64 Å². The molecule has 118 valence electrons. The van der Waals surface area contributed by atoms with Crippen LogP contribution < -0.4 is 0 Å². The molecule has 2 aromatic heterocycles. The number of nitrogens with one attached hydrogen (secondary N) is 1. The molecule has 0 aliphatic carbocycles. The summed E-state index contributed by atoms with van der Waals surface area (Å²) in [6.07, 6.45) is 3.92. The Balaban J connectivity index is 0.000000188. The van der Waals surface area contributed by atoms with Gasteiger partial charge in [0.25, 0.3) is 10.0 Å². The Morgan fingerprint density at radius 2 is 1.82 bits per heavy atom. The van der Waals surface area contributed by atoms with Crippen LogP contribution in [0.15, 0.2) is 41.7 Å². The minimum Gasteiger partial charge on any atom is -0.351 e. The number of hydrogen-bond donors (Lipinski definition) is 1. The van der Waals surface area contributed by atoms with Crippen LogP contribution in [0.25, 0.3) is 0 Å². The molecule has 0 amide bonds. The van der Waals surface area contributed by atoms with E-state index in [-0.39, 0.29) is 5.03 Å². The molecule has 5 nitrogen and oxygen atoms in total. The van der Waals surface area contributed by atoms with Crippen molar-refractivity contribution >= 4 is 45.4 Å². The number of pyridine rings is 2. The second-order valence-corrected chi connectivity index (χ2v) is 7.64. The average Bonchev–Trinajstić information content (AvgIpc) is 2.41. The third-order valence-electron chi connectivity index (χ3n) is 2.87. The zero-order valence-corrected chi connectivity index (χ0v) is 14.5. The lowest BCUT2D eigenvalue weighted by Crippen LogP contribution is -2.42. The molecule has 0 aromatic carbocycles. The second-order valence-electron chi connectivity index (χ2n) is 4.44. The van der Waals surface area contributed by atoms with Crippen molar-refractivity contribution in [1.29, 1.82) is 0 Å². The first-order chi connectivity index (χ1) is 10.4. The predicted molar refractivity (Wildman–Crippen MR) is 89.3 cm³/mol. The molecular weight excluding hydrogens is 365 g/mol. The molecule has 2 aromatic rings. The molecule has 9 heteroatoms. The SMILES string of the molecule is O=S(=O)(c1ccc(Cl)cn1)N1CCC1.S=c1ccc(Cl)c[nH]1. The Kier molecular flexibility index (Phi) is 5.94. The van der Waals surface area contributed by atoms with Crippen molar-refractivity contribution in [2.24, 2.45) is 0 Å². The molecule has 1 saturated heterocycles. The second kappa shape index (κ2) is 7.52. The molecule has 0 atom stereocenters. The van der Waals surface area contributed by atoms with Crippen LogP contribution in [0.2, 0.25) is 10.0 Å². The summed E-state index contributed by atoms with van der Waals surface area (Å²) in [7, 11) is -3.36. The van der Waals surface area contributed by atoms with Gasteiger partial charge in [0.1, 0.15) is 4.64 Å². The fourth-order valence-corrected chi connectivity index (χ4v) is 3.35. The van der Waals surface area contributed by atoms with E-state index >= 15 is 0 Å². The maximum Gasteiger partial charge on any atom is 0.260 e. The van der Waals surface area contributed by atoms with Crippen LogP contribution in [0.4, 0.5) is 0 Å². The summed E-state index contributed by atoms with van der Waals surface area (Å²) < 4.78 is 25.6. The van der Waals surface area contributed by atoms with Gasteiger partial charge in [-0.05, 0) is 30.7 Å². The topological polar surface area (TPSA) is 66.1 Å². The van der Waals surface area contributed by atoms with Crippen molar-refractivity contribution in [3.63, 3.8) is 0 Å². The molecule has 0 spiro atoms. The molecule has 22 heavy (non-hydrogen) atoms. The van der Waals surface area contributed by atoms with E-state index in [4.69, 9.17) is 35.4 Å². The highest BCUT2D eigenvalue weighted by Gasteiger charge is 2.30. The number of rotatable bonds is 2. The van der Waals surface area contributed by atoms with E-state index in [9.17, 15) is 8.42 Å². The van der Waals surface area contributed by atoms with E-state index in [1.54, 1.807) is 18.3 Å². The molecule has 0 unspecified atom stereocenters. The number of nitrogens with zero attached hydrogens (tertiary/aromatic N) is 2. The Hall–Kier alpha value is -0.990. The van der Waals surface area contributed by atoms with Crippen LogP contribution in [-0.4, -0.2) is 35.8 Å². The van der Waals surface area contributed by atoms with Gasteiger partial charge < -0.3 is 4.98 Å². The Bertz CT molecular complexity index is 767. The molecule has 0 saturated carbocycles. The van der Waals surface area contributed by atoms with Gasteiger partial charge in [-0.2, -0.15) is 4.31 Å². The van der Waals surface area contributed by atoms with Gasteiger partial charge in [0, 0.05) is 25.5 Å². The standard InChI is InChI=1S/C8H9ClN2O2S.C5H4ClNS/c9-7-2-3-8(10-6-7)14(12,13)11-4-1-5-11;6-4-1-2-5(8)7-3-4/h2-3,6H,1,4-5H2;1-3H,(H,7,8). The molecule has 1 fully saturated rings. The lowest BCUT2D eigenvalue weighted by molar-refractivity contribution is 0.308. The fraction of sp³-hybridized carbons (Fsp3) is 0.231. The summed E-state index contributed by atoms with van der Waals surface area (Å²) in [6, 6.07) is 6.45. The monoisotopic (exact) mass is 377 g/mol. The van der Waals surface area contributed by atoms with Crippen molar-refractivity contribution in [2.45, 2.75) is 11.4 Å². The van der Waals surface area contributed by atoms with Crippen LogP contribution in [0.5, 0.6) is 0 Å². The highest BCUT2D eigenvalue weighted by molar-refractivity contribution is 7.89. The Labute approximate surface area is 144 Å². The van der Waals surface area contributed by atoms with Crippen molar-refractivity contribution < 1.29 is 8.42 Å². The number of hydrogen-bond acceptors (Lipinski definition) is 4. The van der Waals surface area contributed by atoms with Gasteiger partial charge in [-0.25, -0.2) is 13.4 Å². The van der Waals surface area contributed by atoms with Crippen molar-refractivity contribution in [3.8, 4) is 0 Å². The first-order valence-corrected chi connectivity index (χ1v) is 8.96. The maximum absolute atomic E-state index is 11.7. The van der Waals surface area contributed by atoms with E-state index in [1.807, 2.05) is 0 Å². The van der Waals surface area contributed by atoms with Crippen LogP contribution in [0.1, 0.15) is 6.42 Å². The van der Waals surface area contributed by atoms with E-state index in [1.165, 1.54) is 22.6 Å². The van der Waals surface area contributed by atoms with Crippen molar-refractivity contribution in [3.05, 3.63) is 51.3 Å². The Morgan fingerprint density at radius 3 is 2.23 bits per heavy atom. The van der Waals surface area contributed by atoms with Gasteiger partial charge in [0.2, 0.25) is 0 Å². The lowest BCUT2D eigenvalue weighted by atomic mass is 10.3. The van der Waals surface area contributed by atoms with Gasteiger partial charge in [-0.3, -0.25) is 0 Å². The Morgan fingerprint density at radius 1 is 1.14 bits per heavy atom. The van der Waals surface area contributed by atoms with Crippen LogP contribution >= 0.6 is 35.4 Å². The van der Waals surface area contributed by atoms with Gasteiger partial charge >= 0.3 is 0 Å². The van der Waals surface area contributed by atoms with E-state index < -0.39 is 10.0 Å². The van der Waals surface area contributed by atoms with E-state index in [2.05, 4.69) is 9.97 Å². The summed E-state index contributed by atoms with van der Waals surface area (Å²) in [5.41, 5.74) is 0. The highest BCUT2D eigenvalue weighted by atomic mass is 35.5. The third-order valence-corrected chi connectivity index (χ3v) is 5.39. The lowest BCUT2D eigenvalue weighted by Gasteiger charge is -2.29. The van der Waals surface area contributed by atoms with Gasteiger partial charge in [-0.15, -0.1) is 0 Å². The summed E-state index contributed by atoms with van der Waals surface area (Å²) in [6.45, 7) is 1.18. The zero-order valence-electron chi connectivity index (χ0n) is 11.4. The minimum atomic E-state index is -3.36. The third kappa shape index (κ3) is 4.50. The molecule has 3 heterocycles. The highest BCUT2D eigenvalue weighted by Crippen LogP contribution is 2.20. The zero-order chi connectivity index (χ0) is 16.2. The average molecular weight is 378 g/mol. The molecule has 1 aliphatic heterocycles. The number of H-pyrrole nitrogens is 1. The van der Waals surface area contributed by atoms with Crippen molar-refractivity contribution in [1.82, 2.24) is 14.3 Å². The number of halogens is 2. The van der Waals surface area contributed by atoms with Gasteiger partial charge in [-0.1, -0.05) is 35.4 Å².